The summed E-state index contributed by atoms with van der Waals surface area (Å²) in [4.78, 5) is 21.0. The molecule has 9 heteroatoms. The van der Waals surface area contributed by atoms with E-state index < -0.39 is 10.9 Å². The molecule has 2 rings (SSSR count). The molecular formula is C12H12N4O5. The highest BCUT2D eigenvalue weighted by molar-refractivity contribution is 5.84. The van der Waals surface area contributed by atoms with Gasteiger partial charge in [0.2, 0.25) is 0 Å². The van der Waals surface area contributed by atoms with Crippen LogP contribution in [0.25, 0.3) is 0 Å². The Morgan fingerprint density at radius 1 is 1.52 bits per heavy atom. The maximum atomic E-state index is 10.8. The van der Waals surface area contributed by atoms with Crippen LogP contribution in [-0.2, 0) is 6.54 Å². The molecule has 1 heterocycles. The summed E-state index contributed by atoms with van der Waals surface area (Å²) in [6.45, 7) is 2.07. The number of benzene rings is 1. The topological polar surface area (TPSA) is 120 Å². The van der Waals surface area contributed by atoms with Crippen LogP contribution in [0.2, 0.25) is 0 Å². The van der Waals surface area contributed by atoms with Gasteiger partial charge in [0.15, 0.2) is 5.69 Å². The van der Waals surface area contributed by atoms with Crippen molar-refractivity contribution in [2.45, 2.75) is 13.5 Å². The monoisotopic (exact) mass is 292 g/mol. The summed E-state index contributed by atoms with van der Waals surface area (Å²) >= 11 is 0. The first-order valence-electron chi connectivity index (χ1n) is 5.99. The fraction of sp³-hybridized carbons (Fsp3) is 0.250. The van der Waals surface area contributed by atoms with Gasteiger partial charge < -0.3 is 9.84 Å². The van der Waals surface area contributed by atoms with E-state index in [4.69, 9.17) is 9.84 Å². The molecule has 1 aromatic heterocycles. The molecule has 0 saturated carbocycles. The van der Waals surface area contributed by atoms with Gasteiger partial charge in [0, 0.05) is 6.07 Å². The lowest BCUT2D eigenvalue weighted by Gasteiger charge is -2.08. The number of ether oxygens (including phenoxy) is 1. The van der Waals surface area contributed by atoms with Gasteiger partial charge in [-0.2, -0.15) is 0 Å². The Kier molecular flexibility index (Phi) is 4.12. The molecule has 0 unspecified atom stereocenters. The van der Waals surface area contributed by atoms with Crippen molar-refractivity contribution in [1.29, 1.82) is 0 Å². The number of aromatic carboxylic acids is 1. The average molecular weight is 292 g/mol. The summed E-state index contributed by atoms with van der Waals surface area (Å²) in [5.41, 5.74) is 0.273. The molecule has 0 aliphatic rings. The van der Waals surface area contributed by atoms with E-state index in [0.717, 1.165) is 0 Å². The summed E-state index contributed by atoms with van der Waals surface area (Å²) < 4.78 is 6.79. The van der Waals surface area contributed by atoms with Gasteiger partial charge in [0.05, 0.1) is 23.2 Å². The summed E-state index contributed by atoms with van der Waals surface area (Å²) in [6.07, 6.45) is 1.28. The summed E-state index contributed by atoms with van der Waals surface area (Å²) in [5, 5.41) is 26.6. The van der Waals surface area contributed by atoms with E-state index in [-0.39, 0.29) is 24.5 Å². The van der Waals surface area contributed by atoms with Crippen LogP contribution in [0.1, 0.15) is 16.1 Å². The molecule has 2 aromatic rings. The number of nitro groups is 1. The van der Waals surface area contributed by atoms with Crippen LogP contribution < -0.4 is 4.74 Å². The lowest BCUT2D eigenvalue weighted by atomic mass is 10.2. The number of nitrogens with zero attached hydrogens (tertiary/aromatic N) is 4. The normalized spacial score (nSPS) is 10.3. The number of aromatic nitrogens is 3. The number of hydrogen-bond acceptors (Lipinski definition) is 6. The van der Waals surface area contributed by atoms with E-state index in [2.05, 4.69) is 10.3 Å². The van der Waals surface area contributed by atoms with Crippen molar-refractivity contribution in [1.82, 2.24) is 15.0 Å². The van der Waals surface area contributed by atoms with Crippen molar-refractivity contribution >= 4 is 11.7 Å². The standard InChI is InChI=1S/C12H12N4O5/c1-8-10(16(19)20)3-2-4-11(8)21-6-5-15-7-9(12(17)18)13-14-15/h2-4,7H,5-6H2,1H3,(H,17,18). The minimum atomic E-state index is -1.16. The van der Waals surface area contributed by atoms with Gasteiger partial charge in [-0.05, 0) is 13.0 Å². The zero-order chi connectivity index (χ0) is 15.4. The zero-order valence-corrected chi connectivity index (χ0v) is 11.1. The molecule has 110 valence electrons. The van der Waals surface area contributed by atoms with Gasteiger partial charge in [0.25, 0.3) is 5.69 Å². The van der Waals surface area contributed by atoms with Crippen LogP contribution in [0.5, 0.6) is 5.75 Å². The highest BCUT2D eigenvalue weighted by Crippen LogP contribution is 2.26. The number of rotatable bonds is 6. The van der Waals surface area contributed by atoms with Crippen molar-refractivity contribution in [3.63, 3.8) is 0 Å². The van der Waals surface area contributed by atoms with E-state index >= 15 is 0 Å². The van der Waals surface area contributed by atoms with Crippen LogP contribution >= 0.6 is 0 Å². The minimum Gasteiger partial charge on any atom is -0.491 e. The van der Waals surface area contributed by atoms with E-state index in [9.17, 15) is 14.9 Å². The molecule has 1 N–H and O–H groups in total. The predicted molar refractivity (Wildman–Crippen MR) is 70.3 cm³/mol. The Labute approximate surface area is 118 Å². The largest absolute Gasteiger partial charge is 0.491 e. The number of hydrogen-bond donors (Lipinski definition) is 1. The van der Waals surface area contributed by atoms with Crippen molar-refractivity contribution < 1.29 is 19.6 Å². The fourth-order valence-electron chi connectivity index (χ4n) is 1.71. The second kappa shape index (κ2) is 5.99. The Morgan fingerprint density at radius 2 is 2.29 bits per heavy atom. The number of nitro benzene ring substituents is 1. The Hall–Kier alpha value is -2.97. The van der Waals surface area contributed by atoms with E-state index in [1.54, 1.807) is 19.1 Å². The molecule has 0 fully saturated rings. The second-order valence-corrected chi connectivity index (χ2v) is 4.18. The molecular weight excluding hydrogens is 280 g/mol. The van der Waals surface area contributed by atoms with E-state index in [0.29, 0.717) is 11.3 Å². The Balaban J connectivity index is 1.98. The van der Waals surface area contributed by atoms with Crippen LogP contribution in [0, 0.1) is 17.0 Å². The molecule has 0 spiro atoms. The Morgan fingerprint density at radius 3 is 2.90 bits per heavy atom. The van der Waals surface area contributed by atoms with Crippen molar-refractivity contribution in [3.05, 3.63) is 45.8 Å². The maximum absolute atomic E-state index is 10.8. The predicted octanol–water partition coefficient (Wildman–Crippen LogP) is 1.27. The molecule has 9 nitrogen and oxygen atoms in total. The Bertz CT molecular complexity index is 682. The lowest BCUT2D eigenvalue weighted by molar-refractivity contribution is -0.385. The van der Waals surface area contributed by atoms with Crippen molar-refractivity contribution in [2.75, 3.05) is 6.61 Å². The minimum absolute atomic E-state index is 0.0126. The van der Waals surface area contributed by atoms with Gasteiger partial charge in [0.1, 0.15) is 12.4 Å². The SMILES string of the molecule is Cc1c(OCCn2cc(C(=O)O)nn2)cccc1[N+](=O)[O-]. The first-order valence-corrected chi connectivity index (χ1v) is 5.99. The summed E-state index contributed by atoms with van der Waals surface area (Å²) in [7, 11) is 0. The van der Waals surface area contributed by atoms with Gasteiger partial charge in [-0.15, -0.1) is 5.10 Å². The number of carboxylic acids is 1. The number of carbonyl (C=O) groups is 1. The third-order valence-electron chi connectivity index (χ3n) is 2.79. The summed E-state index contributed by atoms with van der Waals surface area (Å²) in [6, 6.07) is 4.57. The van der Waals surface area contributed by atoms with Crippen molar-refractivity contribution in [3.8, 4) is 5.75 Å². The van der Waals surface area contributed by atoms with Gasteiger partial charge in [-0.1, -0.05) is 11.3 Å². The molecule has 0 amide bonds. The molecule has 21 heavy (non-hydrogen) atoms. The van der Waals surface area contributed by atoms with Crippen LogP contribution in [-0.4, -0.2) is 37.6 Å². The highest BCUT2D eigenvalue weighted by Gasteiger charge is 2.14. The smallest absolute Gasteiger partial charge is 0.358 e. The van der Waals surface area contributed by atoms with Gasteiger partial charge in [-0.3, -0.25) is 10.1 Å². The molecule has 0 saturated heterocycles. The zero-order valence-electron chi connectivity index (χ0n) is 11.1. The number of carboxylic acid groups (broad SMARTS) is 1. The fourth-order valence-corrected chi connectivity index (χ4v) is 1.71. The van der Waals surface area contributed by atoms with E-state index in [1.807, 2.05) is 0 Å². The van der Waals surface area contributed by atoms with Crippen LogP contribution in [0.15, 0.2) is 24.4 Å². The summed E-state index contributed by atoms with van der Waals surface area (Å²) in [5.74, 6) is -0.750. The lowest BCUT2D eigenvalue weighted by Crippen LogP contribution is -2.09. The maximum Gasteiger partial charge on any atom is 0.358 e. The second-order valence-electron chi connectivity index (χ2n) is 4.18. The third kappa shape index (κ3) is 3.32. The average Bonchev–Trinajstić information content (AvgIpc) is 2.89. The third-order valence-corrected chi connectivity index (χ3v) is 2.79. The first-order chi connectivity index (χ1) is 9.99. The quantitative estimate of drug-likeness (QED) is 0.628. The van der Waals surface area contributed by atoms with Crippen molar-refractivity contribution in [2.24, 2.45) is 0 Å². The molecule has 1 aromatic carbocycles. The molecule has 0 atom stereocenters. The van der Waals surface area contributed by atoms with Gasteiger partial charge >= 0.3 is 5.97 Å². The van der Waals surface area contributed by atoms with Crippen LogP contribution in [0.4, 0.5) is 5.69 Å². The molecule has 0 bridgehead atoms. The molecule has 0 aliphatic carbocycles. The molecule has 0 radical (unpaired) electrons. The first kappa shape index (κ1) is 14.4. The van der Waals surface area contributed by atoms with Gasteiger partial charge in [-0.25, -0.2) is 9.48 Å². The highest BCUT2D eigenvalue weighted by atomic mass is 16.6. The molecule has 0 aliphatic heterocycles. The van der Waals surface area contributed by atoms with E-state index in [1.165, 1.54) is 16.9 Å². The van der Waals surface area contributed by atoms with Crippen LogP contribution in [0.3, 0.4) is 0 Å².